The molecule has 1 saturated heterocycles. The Morgan fingerprint density at radius 3 is 2.95 bits per heavy atom. The van der Waals surface area contributed by atoms with Gasteiger partial charge in [-0.1, -0.05) is 0 Å². The molecule has 2 heterocycles. The molecule has 0 bridgehead atoms. The summed E-state index contributed by atoms with van der Waals surface area (Å²) in [5.41, 5.74) is 1.93. The van der Waals surface area contributed by atoms with Gasteiger partial charge in [-0.2, -0.15) is 5.10 Å². The lowest BCUT2D eigenvalue weighted by atomic mass is 9.97. The van der Waals surface area contributed by atoms with Crippen LogP contribution in [0.3, 0.4) is 0 Å². The Bertz CT molecular complexity index is 500. The van der Waals surface area contributed by atoms with Gasteiger partial charge in [-0.15, -0.1) is 0 Å². The zero-order valence-corrected chi connectivity index (χ0v) is 12.3. The van der Waals surface area contributed by atoms with Crippen molar-refractivity contribution in [2.45, 2.75) is 39.2 Å². The molecular formula is C14H22N4O3. The van der Waals surface area contributed by atoms with Crippen LogP contribution in [-0.2, 0) is 11.3 Å². The first-order valence-corrected chi connectivity index (χ1v) is 7.29. The summed E-state index contributed by atoms with van der Waals surface area (Å²) in [6.45, 7) is 3.67. The molecule has 0 saturated carbocycles. The first-order valence-electron chi connectivity index (χ1n) is 7.29. The van der Waals surface area contributed by atoms with Crippen molar-refractivity contribution in [3.8, 4) is 0 Å². The van der Waals surface area contributed by atoms with E-state index in [1.165, 1.54) is 0 Å². The number of aryl methyl sites for hydroxylation is 1. The molecule has 1 aromatic rings. The number of urea groups is 1. The molecule has 0 radical (unpaired) electrons. The molecule has 7 heteroatoms. The average Bonchev–Trinajstić information content (AvgIpc) is 2.70. The van der Waals surface area contributed by atoms with Crippen LogP contribution in [0.25, 0.3) is 0 Å². The van der Waals surface area contributed by atoms with Gasteiger partial charge in [0, 0.05) is 37.3 Å². The summed E-state index contributed by atoms with van der Waals surface area (Å²) in [6.07, 6.45) is 4.39. The minimum atomic E-state index is -0.756. The number of amides is 2. The minimum Gasteiger partial charge on any atom is -0.481 e. The lowest BCUT2D eigenvalue weighted by Gasteiger charge is -2.21. The fourth-order valence-electron chi connectivity index (χ4n) is 2.66. The second-order valence-corrected chi connectivity index (χ2v) is 5.56. The van der Waals surface area contributed by atoms with E-state index >= 15 is 0 Å². The lowest BCUT2D eigenvalue weighted by Crippen LogP contribution is -2.40. The van der Waals surface area contributed by atoms with Crippen molar-refractivity contribution in [3.63, 3.8) is 0 Å². The first-order chi connectivity index (χ1) is 10.1. The Hall–Kier alpha value is -2.05. The summed E-state index contributed by atoms with van der Waals surface area (Å²) < 4.78 is 0. The summed E-state index contributed by atoms with van der Waals surface area (Å²) in [5.74, 6) is -0.579. The van der Waals surface area contributed by atoms with Crippen molar-refractivity contribution in [2.75, 3.05) is 13.1 Å². The van der Waals surface area contributed by atoms with E-state index in [0.717, 1.165) is 30.5 Å². The number of likely N-dealkylation sites (tertiary alicyclic amines) is 1. The molecule has 0 aromatic carbocycles. The SMILES string of the molecule is Cc1[nH]ncc1CNC(=O)N1CCCC(CC(=O)O)CC1. The van der Waals surface area contributed by atoms with E-state index in [1.54, 1.807) is 11.1 Å². The second-order valence-electron chi connectivity index (χ2n) is 5.56. The number of rotatable bonds is 4. The monoisotopic (exact) mass is 294 g/mol. The predicted octanol–water partition coefficient (Wildman–Crippen LogP) is 1.50. The largest absolute Gasteiger partial charge is 0.481 e. The van der Waals surface area contributed by atoms with E-state index in [-0.39, 0.29) is 18.4 Å². The molecule has 116 valence electrons. The van der Waals surface area contributed by atoms with Crippen LogP contribution >= 0.6 is 0 Å². The fraction of sp³-hybridized carbons (Fsp3) is 0.643. The molecule has 1 atom stereocenters. The number of carboxylic acid groups (broad SMARTS) is 1. The molecule has 7 nitrogen and oxygen atoms in total. The summed E-state index contributed by atoms with van der Waals surface area (Å²) in [5, 5.41) is 18.5. The molecule has 1 fully saturated rings. The number of nitrogens with one attached hydrogen (secondary N) is 2. The number of carboxylic acids is 1. The zero-order valence-electron chi connectivity index (χ0n) is 12.3. The number of nitrogens with zero attached hydrogens (tertiary/aromatic N) is 2. The van der Waals surface area contributed by atoms with Crippen molar-refractivity contribution < 1.29 is 14.7 Å². The van der Waals surface area contributed by atoms with Gasteiger partial charge in [0.25, 0.3) is 0 Å². The number of aromatic amines is 1. The van der Waals surface area contributed by atoms with Gasteiger partial charge in [0.15, 0.2) is 0 Å². The van der Waals surface area contributed by atoms with Crippen LogP contribution in [0.2, 0.25) is 0 Å². The van der Waals surface area contributed by atoms with E-state index in [2.05, 4.69) is 15.5 Å². The summed E-state index contributed by atoms with van der Waals surface area (Å²) in [4.78, 5) is 24.7. The number of carbonyl (C=O) groups is 2. The standard InChI is InChI=1S/C14H22N4O3/c1-10-12(9-16-17-10)8-15-14(21)18-5-2-3-11(4-6-18)7-13(19)20/h9,11H,2-8H2,1H3,(H,15,21)(H,16,17)(H,19,20). The predicted molar refractivity (Wildman–Crippen MR) is 76.7 cm³/mol. The summed E-state index contributed by atoms with van der Waals surface area (Å²) >= 11 is 0. The van der Waals surface area contributed by atoms with Crippen LogP contribution in [0.5, 0.6) is 0 Å². The van der Waals surface area contributed by atoms with Crippen LogP contribution in [0.4, 0.5) is 4.79 Å². The molecule has 2 rings (SSSR count). The van der Waals surface area contributed by atoms with Gasteiger partial charge in [0.2, 0.25) is 0 Å². The number of aliphatic carboxylic acids is 1. The van der Waals surface area contributed by atoms with Crippen LogP contribution in [0.1, 0.15) is 36.9 Å². The molecule has 1 unspecified atom stereocenters. The van der Waals surface area contributed by atoms with Crippen LogP contribution < -0.4 is 5.32 Å². The second kappa shape index (κ2) is 7.10. The van der Waals surface area contributed by atoms with E-state index in [1.807, 2.05) is 6.92 Å². The van der Waals surface area contributed by atoms with Gasteiger partial charge >= 0.3 is 12.0 Å². The number of hydrogen-bond donors (Lipinski definition) is 3. The molecule has 2 amide bonds. The van der Waals surface area contributed by atoms with Crippen LogP contribution in [0.15, 0.2) is 6.20 Å². The lowest BCUT2D eigenvalue weighted by molar-refractivity contribution is -0.138. The Morgan fingerprint density at radius 1 is 1.48 bits per heavy atom. The van der Waals surface area contributed by atoms with Crippen molar-refractivity contribution >= 4 is 12.0 Å². The van der Waals surface area contributed by atoms with Crippen molar-refractivity contribution in [1.29, 1.82) is 0 Å². The Labute approximate surface area is 123 Å². The molecule has 1 aliphatic heterocycles. The smallest absolute Gasteiger partial charge is 0.317 e. The maximum Gasteiger partial charge on any atom is 0.317 e. The minimum absolute atomic E-state index is 0.0911. The highest BCUT2D eigenvalue weighted by Gasteiger charge is 2.22. The molecule has 0 spiro atoms. The molecule has 0 aliphatic carbocycles. The third kappa shape index (κ3) is 4.47. The normalized spacial score (nSPS) is 19.1. The highest BCUT2D eigenvalue weighted by atomic mass is 16.4. The van der Waals surface area contributed by atoms with Gasteiger partial charge in [-0.25, -0.2) is 4.79 Å². The number of carbonyl (C=O) groups excluding carboxylic acids is 1. The van der Waals surface area contributed by atoms with E-state index in [0.29, 0.717) is 19.6 Å². The third-order valence-corrected chi connectivity index (χ3v) is 3.96. The van der Waals surface area contributed by atoms with E-state index in [9.17, 15) is 9.59 Å². The Kier molecular flexibility index (Phi) is 5.19. The van der Waals surface area contributed by atoms with Crippen molar-refractivity contribution in [3.05, 3.63) is 17.5 Å². The van der Waals surface area contributed by atoms with Crippen molar-refractivity contribution in [1.82, 2.24) is 20.4 Å². The average molecular weight is 294 g/mol. The van der Waals surface area contributed by atoms with Gasteiger partial charge in [-0.05, 0) is 32.1 Å². The molecular weight excluding hydrogens is 272 g/mol. The zero-order chi connectivity index (χ0) is 15.2. The highest BCUT2D eigenvalue weighted by molar-refractivity contribution is 5.74. The van der Waals surface area contributed by atoms with Gasteiger partial charge in [0.1, 0.15) is 0 Å². The van der Waals surface area contributed by atoms with Gasteiger partial charge < -0.3 is 15.3 Å². The number of H-pyrrole nitrogens is 1. The highest BCUT2D eigenvalue weighted by Crippen LogP contribution is 2.20. The van der Waals surface area contributed by atoms with Gasteiger partial charge in [0.05, 0.1) is 6.20 Å². The van der Waals surface area contributed by atoms with Crippen LogP contribution in [-0.4, -0.2) is 45.3 Å². The molecule has 3 N–H and O–H groups in total. The number of hydrogen-bond acceptors (Lipinski definition) is 3. The van der Waals surface area contributed by atoms with E-state index < -0.39 is 5.97 Å². The Morgan fingerprint density at radius 2 is 2.29 bits per heavy atom. The van der Waals surface area contributed by atoms with Gasteiger partial charge in [-0.3, -0.25) is 9.89 Å². The number of aromatic nitrogens is 2. The molecule has 1 aromatic heterocycles. The first kappa shape index (κ1) is 15.3. The fourth-order valence-corrected chi connectivity index (χ4v) is 2.66. The topological polar surface area (TPSA) is 98.3 Å². The van der Waals surface area contributed by atoms with Crippen molar-refractivity contribution in [2.24, 2.45) is 5.92 Å². The maximum atomic E-state index is 12.2. The summed E-state index contributed by atoms with van der Waals surface area (Å²) in [6, 6.07) is -0.0911. The third-order valence-electron chi connectivity index (χ3n) is 3.96. The van der Waals surface area contributed by atoms with Crippen LogP contribution in [0, 0.1) is 12.8 Å². The molecule has 21 heavy (non-hydrogen) atoms. The molecule has 1 aliphatic rings. The van der Waals surface area contributed by atoms with E-state index in [4.69, 9.17) is 5.11 Å². The quantitative estimate of drug-likeness (QED) is 0.783. The Balaban J connectivity index is 1.80. The maximum absolute atomic E-state index is 12.2. The summed E-state index contributed by atoms with van der Waals surface area (Å²) in [7, 11) is 0.